The van der Waals surface area contributed by atoms with Gasteiger partial charge in [-0.1, -0.05) is 18.2 Å². The second kappa shape index (κ2) is 5.24. The SMILES string of the molecule is N#Cc1cc(O)c(O)c(C#N)c1-c1ccccc1C(=O)O. The van der Waals surface area contributed by atoms with Crippen LogP contribution in [0.5, 0.6) is 11.5 Å². The van der Waals surface area contributed by atoms with Gasteiger partial charge in [-0.3, -0.25) is 0 Å². The number of hydrogen-bond donors (Lipinski definition) is 3. The summed E-state index contributed by atoms with van der Waals surface area (Å²) in [4.78, 5) is 11.3. The van der Waals surface area contributed by atoms with Crippen LogP contribution >= 0.6 is 0 Å². The first-order chi connectivity index (χ1) is 10.0. The zero-order chi connectivity index (χ0) is 15.6. The number of phenolic OH excluding ortho intramolecular Hbond substituents is 2. The molecule has 2 aromatic rings. The minimum Gasteiger partial charge on any atom is -0.504 e. The van der Waals surface area contributed by atoms with Crippen molar-refractivity contribution < 1.29 is 20.1 Å². The molecule has 0 fully saturated rings. The number of carbonyl (C=O) groups is 1. The molecular weight excluding hydrogens is 272 g/mol. The normalized spacial score (nSPS) is 9.62. The molecule has 2 rings (SSSR count). The summed E-state index contributed by atoms with van der Waals surface area (Å²) >= 11 is 0. The van der Waals surface area contributed by atoms with E-state index in [1.165, 1.54) is 18.2 Å². The predicted octanol–water partition coefficient (Wildman–Crippen LogP) is 2.21. The summed E-state index contributed by atoms with van der Waals surface area (Å²) in [5.74, 6) is -2.53. The molecule has 0 aromatic heterocycles. The topological polar surface area (TPSA) is 125 Å². The van der Waals surface area contributed by atoms with E-state index in [0.29, 0.717) is 0 Å². The summed E-state index contributed by atoms with van der Waals surface area (Å²) < 4.78 is 0. The molecule has 0 aliphatic heterocycles. The Morgan fingerprint density at radius 2 is 1.76 bits per heavy atom. The van der Waals surface area contributed by atoms with Crippen LogP contribution in [0.2, 0.25) is 0 Å². The van der Waals surface area contributed by atoms with Crippen molar-refractivity contribution in [2.24, 2.45) is 0 Å². The third-order valence-electron chi connectivity index (χ3n) is 2.94. The van der Waals surface area contributed by atoms with Crippen molar-refractivity contribution in [2.45, 2.75) is 0 Å². The number of aromatic carboxylic acids is 1. The van der Waals surface area contributed by atoms with Crippen molar-refractivity contribution in [3.05, 3.63) is 47.0 Å². The quantitative estimate of drug-likeness (QED) is 0.724. The number of nitriles is 2. The number of rotatable bonds is 2. The van der Waals surface area contributed by atoms with E-state index in [2.05, 4.69) is 0 Å². The lowest BCUT2D eigenvalue weighted by Crippen LogP contribution is -2.01. The fraction of sp³-hybridized carbons (Fsp3) is 0. The molecule has 0 spiro atoms. The van der Waals surface area contributed by atoms with Gasteiger partial charge in [-0.25, -0.2) is 4.79 Å². The van der Waals surface area contributed by atoms with E-state index in [0.717, 1.165) is 6.07 Å². The molecule has 0 aliphatic rings. The van der Waals surface area contributed by atoms with Gasteiger partial charge < -0.3 is 15.3 Å². The first kappa shape index (κ1) is 13.9. The van der Waals surface area contributed by atoms with Gasteiger partial charge in [0.25, 0.3) is 0 Å². The highest BCUT2D eigenvalue weighted by Crippen LogP contribution is 2.40. The Hall–Kier alpha value is -3.51. The third-order valence-corrected chi connectivity index (χ3v) is 2.94. The minimum atomic E-state index is -1.23. The number of benzene rings is 2. The van der Waals surface area contributed by atoms with Crippen molar-refractivity contribution in [1.82, 2.24) is 0 Å². The Balaban J connectivity index is 2.95. The monoisotopic (exact) mass is 280 g/mol. The van der Waals surface area contributed by atoms with Crippen molar-refractivity contribution in [3.8, 4) is 34.8 Å². The van der Waals surface area contributed by atoms with Crippen molar-refractivity contribution >= 4 is 5.97 Å². The van der Waals surface area contributed by atoms with Crippen LogP contribution in [0, 0.1) is 22.7 Å². The lowest BCUT2D eigenvalue weighted by Gasteiger charge is -2.12. The summed E-state index contributed by atoms with van der Waals surface area (Å²) in [6.45, 7) is 0. The van der Waals surface area contributed by atoms with Gasteiger partial charge in [0.1, 0.15) is 11.6 Å². The average molecular weight is 280 g/mol. The maximum atomic E-state index is 11.3. The zero-order valence-corrected chi connectivity index (χ0v) is 10.5. The average Bonchev–Trinajstić information content (AvgIpc) is 2.49. The predicted molar refractivity (Wildman–Crippen MR) is 71.6 cm³/mol. The molecule has 0 bridgehead atoms. The Morgan fingerprint density at radius 1 is 1.10 bits per heavy atom. The maximum Gasteiger partial charge on any atom is 0.336 e. The lowest BCUT2D eigenvalue weighted by atomic mass is 9.91. The molecule has 6 nitrogen and oxygen atoms in total. The molecule has 21 heavy (non-hydrogen) atoms. The number of phenols is 2. The van der Waals surface area contributed by atoms with Crippen LogP contribution in [-0.4, -0.2) is 21.3 Å². The Kier molecular flexibility index (Phi) is 3.47. The van der Waals surface area contributed by atoms with E-state index in [1.807, 2.05) is 0 Å². The molecule has 6 heteroatoms. The molecule has 0 radical (unpaired) electrons. The minimum absolute atomic E-state index is 0.0201. The molecule has 0 heterocycles. The van der Waals surface area contributed by atoms with Crippen LogP contribution in [0.4, 0.5) is 0 Å². The second-order valence-corrected chi connectivity index (χ2v) is 4.12. The van der Waals surface area contributed by atoms with Gasteiger partial charge >= 0.3 is 5.97 Å². The molecule has 0 aliphatic carbocycles. The summed E-state index contributed by atoms with van der Waals surface area (Å²) in [5, 5.41) is 46.8. The highest BCUT2D eigenvalue weighted by atomic mass is 16.4. The van der Waals surface area contributed by atoms with Crippen LogP contribution in [0.1, 0.15) is 21.5 Å². The van der Waals surface area contributed by atoms with Gasteiger partial charge in [-0.15, -0.1) is 0 Å². The van der Waals surface area contributed by atoms with Crippen LogP contribution in [0.3, 0.4) is 0 Å². The Labute approximate surface area is 119 Å². The molecular formula is C15H8N2O4. The number of nitrogens with zero attached hydrogens (tertiary/aromatic N) is 2. The highest BCUT2D eigenvalue weighted by molar-refractivity contribution is 5.98. The van der Waals surface area contributed by atoms with E-state index < -0.39 is 17.5 Å². The zero-order valence-electron chi connectivity index (χ0n) is 10.5. The highest BCUT2D eigenvalue weighted by Gasteiger charge is 2.22. The van der Waals surface area contributed by atoms with Crippen LogP contribution in [0.15, 0.2) is 30.3 Å². The molecule has 0 amide bonds. The second-order valence-electron chi connectivity index (χ2n) is 4.12. The first-order valence-electron chi connectivity index (χ1n) is 5.73. The number of carboxylic acids is 1. The van der Waals surface area contributed by atoms with Crippen LogP contribution < -0.4 is 0 Å². The molecule has 2 aromatic carbocycles. The summed E-state index contributed by atoms with van der Waals surface area (Å²) in [6, 6.07) is 10.3. The lowest BCUT2D eigenvalue weighted by molar-refractivity contribution is 0.0697. The Bertz CT molecular complexity index is 829. The molecule has 102 valence electrons. The molecule has 0 saturated carbocycles. The largest absolute Gasteiger partial charge is 0.504 e. The van der Waals surface area contributed by atoms with Crippen molar-refractivity contribution in [1.29, 1.82) is 10.5 Å². The smallest absolute Gasteiger partial charge is 0.336 e. The summed E-state index contributed by atoms with van der Waals surface area (Å²) in [7, 11) is 0. The molecule has 0 unspecified atom stereocenters. The van der Waals surface area contributed by atoms with Gasteiger partial charge in [0.05, 0.1) is 17.2 Å². The fourth-order valence-electron chi connectivity index (χ4n) is 2.02. The fourth-order valence-corrected chi connectivity index (χ4v) is 2.02. The molecule has 0 atom stereocenters. The molecule has 3 N–H and O–H groups in total. The maximum absolute atomic E-state index is 11.3. The van der Waals surface area contributed by atoms with Gasteiger partial charge in [-0.05, 0) is 11.6 Å². The van der Waals surface area contributed by atoms with E-state index in [4.69, 9.17) is 10.5 Å². The van der Waals surface area contributed by atoms with Crippen LogP contribution in [0.25, 0.3) is 11.1 Å². The van der Waals surface area contributed by atoms with Crippen LogP contribution in [-0.2, 0) is 0 Å². The first-order valence-corrected chi connectivity index (χ1v) is 5.73. The summed E-state index contributed by atoms with van der Waals surface area (Å²) in [5.41, 5.74) is -0.465. The van der Waals surface area contributed by atoms with Gasteiger partial charge in [0, 0.05) is 11.6 Å². The van der Waals surface area contributed by atoms with E-state index in [9.17, 15) is 20.1 Å². The van der Waals surface area contributed by atoms with E-state index in [-0.39, 0.29) is 27.8 Å². The van der Waals surface area contributed by atoms with Gasteiger partial charge in [0.15, 0.2) is 11.5 Å². The number of carboxylic acid groups (broad SMARTS) is 1. The standard InChI is InChI=1S/C15H8N2O4/c16-6-8-5-12(18)14(19)11(7-17)13(8)9-3-1-2-4-10(9)15(20)21/h1-5,18-19H,(H,20,21). The number of aromatic hydroxyl groups is 2. The van der Waals surface area contributed by atoms with Gasteiger partial charge in [0.2, 0.25) is 0 Å². The Morgan fingerprint density at radius 3 is 2.33 bits per heavy atom. The van der Waals surface area contributed by atoms with Crippen molar-refractivity contribution in [3.63, 3.8) is 0 Å². The number of hydrogen-bond acceptors (Lipinski definition) is 5. The summed E-state index contributed by atoms with van der Waals surface area (Å²) in [6.07, 6.45) is 0. The van der Waals surface area contributed by atoms with E-state index >= 15 is 0 Å². The van der Waals surface area contributed by atoms with Gasteiger partial charge in [-0.2, -0.15) is 10.5 Å². The molecule has 0 saturated heterocycles. The van der Waals surface area contributed by atoms with Crippen molar-refractivity contribution in [2.75, 3.05) is 0 Å². The third kappa shape index (κ3) is 2.22. The van der Waals surface area contributed by atoms with E-state index in [1.54, 1.807) is 18.2 Å².